The molecule has 1 aromatic heterocycles. The molecule has 0 saturated heterocycles. The Morgan fingerprint density at radius 3 is 2.80 bits per heavy atom. The predicted molar refractivity (Wildman–Crippen MR) is 60.8 cm³/mol. The molecule has 0 unspecified atom stereocenters. The minimum atomic E-state index is -0.528. The van der Waals surface area contributed by atoms with E-state index in [1.54, 1.807) is 25.3 Å². The standard InChI is InChI=1S/C10H16N4O/c1-7(11)10(15)13-8-5-4-6-12-9(8)14(2)3/h4-7H,11H2,1-3H3,(H,13,15)/t7-/m1/s1. The van der Waals surface area contributed by atoms with Crippen LogP contribution in [0.4, 0.5) is 11.5 Å². The molecule has 0 aliphatic carbocycles. The minimum absolute atomic E-state index is 0.217. The molecule has 0 aromatic carbocycles. The Kier molecular flexibility index (Phi) is 3.62. The Bertz CT molecular complexity index is 349. The molecule has 15 heavy (non-hydrogen) atoms. The SMILES string of the molecule is C[C@@H](N)C(=O)Nc1cccnc1N(C)C. The summed E-state index contributed by atoms with van der Waals surface area (Å²) in [6.07, 6.45) is 1.68. The molecular formula is C10H16N4O. The Hall–Kier alpha value is -1.62. The third-order valence-corrected chi connectivity index (χ3v) is 1.88. The van der Waals surface area contributed by atoms with Crippen LogP contribution in [0.5, 0.6) is 0 Å². The molecule has 5 nitrogen and oxygen atoms in total. The van der Waals surface area contributed by atoms with E-state index < -0.39 is 6.04 Å². The topological polar surface area (TPSA) is 71.2 Å². The van der Waals surface area contributed by atoms with E-state index in [0.717, 1.165) is 0 Å². The van der Waals surface area contributed by atoms with Crippen molar-refractivity contribution in [2.24, 2.45) is 5.73 Å². The van der Waals surface area contributed by atoms with Crippen LogP contribution in [0.3, 0.4) is 0 Å². The van der Waals surface area contributed by atoms with Gasteiger partial charge >= 0.3 is 0 Å². The predicted octanol–water partition coefficient (Wildman–Crippen LogP) is 0.433. The van der Waals surface area contributed by atoms with Crippen LogP contribution in [0.1, 0.15) is 6.92 Å². The maximum Gasteiger partial charge on any atom is 0.241 e. The molecule has 0 aliphatic rings. The van der Waals surface area contributed by atoms with Crippen molar-refractivity contribution in [2.45, 2.75) is 13.0 Å². The van der Waals surface area contributed by atoms with E-state index in [-0.39, 0.29) is 5.91 Å². The Morgan fingerprint density at radius 2 is 2.27 bits per heavy atom. The average molecular weight is 208 g/mol. The van der Waals surface area contributed by atoms with Gasteiger partial charge < -0.3 is 16.0 Å². The number of nitrogens with zero attached hydrogens (tertiary/aromatic N) is 2. The van der Waals surface area contributed by atoms with Crippen molar-refractivity contribution in [3.05, 3.63) is 18.3 Å². The first-order valence-electron chi connectivity index (χ1n) is 4.71. The number of carbonyl (C=O) groups excluding carboxylic acids is 1. The van der Waals surface area contributed by atoms with Gasteiger partial charge in [-0.1, -0.05) is 0 Å². The molecule has 0 saturated carbocycles. The monoisotopic (exact) mass is 208 g/mol. The van der Waals surface area contributed by atoms with Crippen molar-refractivity contribution in [3.8, 4) is 0 Å². The van der Waals surface area contributed by atoms with Crippen molar-refractivity contribution in [1.29, 1.82) is 0 Å². The smallest absolute Gasteiger partial charge is 0.241 e. The fourth-order valence-corrected chi connectivity index (χ4v) is 1.10. The molecule has 1 amide bonds. The third-order valence-electron chi connectivity index (χ3n) is 1.88. The molecule has 1 aromatic rings. The van der Waals surface area contributed by atoms with E-state index in [2.05, 4.69) is 10.3 Å². The molecule has 1 heterocycles. The van der Waals surface area contributed by atoms with E-state index in [1.807, 2.05) is 19.0 Å². The van der Waals surface area contributed by atoms with Crippen molar-refractivity contribution < 1.29 is 4.79 Å². The van der Waals surface area contributed by atoms with Crippen LogP contribution >= 0.6 is 0 Å². The molecule has 0 radical (unpaired) electrons. The lowest BCUT2D eigenvalue weighted by Gasteiger charge is -2.16. The van der Waals surface area contributed by atoms with Gasteiger partial charge in [0, 0.05) is 20.3 Å². The highest BCUT2D eigenvalue weighted by molar-refractivity contribution is 5.96. The van der Waals surface area contributed by atoms with Gasteiger partial charge in [-0.25, -0.2) is 4.98 Å². The Labute approximate surface area is 89.3 Å². The molecule has 0 aliphatic heterocycles. The second-order valence-corrected chi connectivity index (χ2v) is 3.55. The largest absolute Gasteiger partial charge is 0.361 e. The van der Waals surface area contributed by atoms with E-state index >= 15 is 0 Å². The summed E-state index contributed by atoms with van der Waals surface area (Å²) in [5.41, 5.74) is 6.14. The van der Waals surface area contributed by atoms with E-state index in [4.69, 9.17) is 5.73 Å². The molecule has 0 spiro atoms. The third kappa shape index (κ3) is 2.92. The summed E-state index contributed by atoms with van der Waals surface area (Å²) in [4.78, 5) is 17.4. The number of nitrogens with two attached hydrogens (primary N) is 1. The molecule has 0 fully saturated rings. The fraction of sp³-hybridized carbons (Fsp3) is 0.400. The van der Waals surface area contributed by atoms with Crippen molar-refractivity contribution in [1.82, 2.24) is 4.98 Å². The lowest BCUT2D eigenvalue weighted by atomic mass is 10.3. The average Bonchev–Trinajstić information content (AvgIpc) is 2.18. The maximum atomic E-state index is 11.4. The molecule has 3 N–H and O–H groups in total. The Balaban J connectivity index is 2.89. The van der Waals surface area contributed by atoms with Gasteiger partial charge in [0.15, 0.2) is 5.82 Å². The second kappa shape index (κ2) is 4.75. The summed E-state index contributed by atoms with van der Waals surface area (Å²) in [7, 11) is 3.73. The first kappa shape index (κ1) is 11.5. The first-order chi connectivity index (χ1) is 7.02. The molecule has 5 heteroatoms. The van der Waals surface area contributed by atoms with Gasteiger partial charge in [0.1, 0.15) is 0 Å². The fourth-order valence-electron chi connectivity index (χ4n) is 1.10. The van der Waals surface area contributed by atoms with Gasteiger partial charge in [-0.05, 0) is 19.1 Å². The van der Waals surface area contributed by atoms with E-state index in [9.17, 15) is 4.79 Å². The highest BCUT2D eigenvalue weighted by Gasteiger charge is 2.11. The number of carbonyl (C=O) groups is 1. The van der Waals surface area contributed by atoms with Crippen LogP contribution in [-0.4, -0.2) is 31.0 Å². The number of anilines is 2. The normalized spacial score (nSPS) is 12.0. The number of nitrogens with one attached hydrogen (secondary N) is 1. The van der Waals surface area contributed by atoms with Gasteiger partial charge in [-0.15, -0.1) is 0 Å². The second-order valence-electron chi connectivity index (χ2n) is 3.55. The van der Waals surface area contributed by atoms with Crippen LogP contribution in [0.2, 0.25) is 0 Å². The lowest BCUT2D eigenvalue weighted by molar-refractivity contribution is -0.117. The molecular weight excluding hydrogens is 192 g/mol. The number of hydrogen-bond acceptors (Lipinski definition) is 4. The number of pyridine rings is 1. The summed E-state index contributed by atoms with van der Waals surface area (Å²) in [5.74, 6) is 0.498. The zero-order chi connectivity index (χ0) is 11.4. The zero-order valence-corrected chi connectivity index (χ0v) is 9.19. The summed E-state index contributed by atoms with van der Waals surface area (Å²) in [6.45, 7) is 1.64. The Morgan fingerprint density at radius 1 is 1.60 bits per heavy atom. The molecule has 0 bridgehead atoms. The number of rotatable bonds is 3. The maximum absolute atomic E-state index is 11.4. The van der Waals surface area contributed by atoms with Crippen molar-refractivity contribution in [3.63, 3.8) is 0 Å². The van der Waals surface area contributed by atoms with Gasteiger partial charge in [-0.3, -0.25) is 4.79 Å². The molecule has 1 rings (SSSR count). The van der Waals surface area contributed by atoms with Gasteiger partial charge in [0.05, 0.1) is 11.7 Å². The molecule has 1 atom stereocenters. The minimum Gasteiger partial charge on any atom is -0.361 e. The van der Waals surface area contributed by atoms with Crippen LogP contribution in [-0.2, 0) is 4.79 Å². The number of aromatic nitrogens is 1. The highest BCUT2D eigenvalue weighted by Crippen LogP contribution is 2.20. The van der Waals surface area contributed by atoms with E-state index in [0.29, 0.717) is 11.5 Å². The van der Waals surface area contributed by atoms with Crippen LogP contribution < -0.4 is 16.0 Å². The zero-order valence-electron chi connectivity index (χ0n) is 9.19. The quantitative estimate of drug-likeness (QED) is 0.755. The summed E-state index contributed by atoms with van der Waals surface area (Å²) < 4.78 is 0. The van der Waals surface area contributed by atoms with E-state index in [1.165, 1.54) is 0 Å². The molecule has 82 valence electrons. The summed E-state index contributed by atoms with van der Waals surface area (Å²) in [6, 6.07) is 3.03. The summed E-state index contributed by atoms with van der Waals surface area (Å²) in [5, 5.41) is 2.72. The van der Waals surface area contributed by atoms with Crippen molar-refractivity contribution >= 4 is 17.4 Å². The van der Waals surface area contributed by atoms with Gasteiger partial charge in [-0.2, -0.15) is 0 Å². The summed E-state index contributed by atoms with van der Waals surface area (Å²) >= 11 is 0. The van der Waals surface area contributed by atoms with Gasteiger partial charge in [0.25, 0.3) is 0 Å². The van der Waals surface area contributed by atoms with Crippen LogP contribution in [0, 0.1) is 0 Å². The first-order valence-corrected chi connectivity index (χ1v) is 4.71. The van der Waals surface area contributed by atoms with Crippen LogP contribution in [0.25, 0.3) is 0 Å². The number of amides is 1. The lowest BCUT2D eigenvalue weighted by Crippen LogP contribution is -2.33. The number of hydrogen-bond donors (Lipinski definition) is 2. The van der Waals surface area contributed by atoms with Gasteiger partial charge in [0.2, 0.25) is 5.91 Å². The highest BCUT2D eigenvalue weighted by atomic mass is 16.2. The van der Waals surface area contributed by atoms with Crippen molar-refractivity contribution in [2.75, 3.05) is 24.3 Å². The van der Waals surface area contributed by atoms with Crippen LogP contribution in [0.15, 0.2) is 18.3 Å².